The van der Waals surface area contributed by atoms with Crippen LogP contribution in [-0.4, -0.2) is 28.0 Å². The smallest absolute Gasteiger partial charge is 0.339 e. The molecule has 8 nitrogen and oxygen atoms in total. The second-order valence-corrected chi connectivity index (χ2v) is 5.49. The van der Waals surface area contributed by atoms with Gasteiger partial charge >= 0.3 is 5.97 Å². The van der Waals surface area contributed by atoms with Gasteiger partial charge in [-0.25, -0.2) is 19.7 Å². The van der Waals surface area contributed by atoms with Crippen LogP contribution in [-0.2, 0) is 4.74 Å². The highest BCUT2D eigenvalue weighted by Gasteiger charge is 2.14. The van der Waals surface area contributed by atoms with E-state index in [9.17, 15) is 4.79 Å². The molecule has 26 heavy (non-hydrogen) atoms. The Morgan fingerprint density at radius 3 is 2.54 bits per heavy atom. The lowest BCUT2D eigenvalue weighted by atomic mass is 10.2. The van der Waals surface area contributed by atoms with Crippen molar-refractivity contribution in [2.75, 3.05) is 23.5 Å². The van der Waals surface area contributed by atoms with E-state index < -0.39 is 5.97 Å². The number of rotatable bonds is 5. The summed E-state index contributed by atoms with van der Waals surface area (Å²) in [4.78, 5) is 24.5. The summed E-state index contributed by atoms with van der Waals surface area (Å²) in [5.41, 5.74) is 8.45. The molecule has 1 aromatic carbocycles. The van der Waals surface area contributed by atoms with Crippen LogP contribution >= 0.6 is 0 Å². The third kappa shape index (κ3) is 3.69. The summed E-state index contributed by atoms with van der Waals surface area (Å²) in [5, 5.41) is 6.13. The number of nitrogens with two attached hydrogens (primary N) is 1. The van der Waals surface area contributed by atoms with Gasteiger partial charge in [0.15, 0.2) is 11.6 Å². The van der Waals surface area contributed by atoms with Gasteiger partial charge in [0.2, 0.25) is 0 Å². The number of aromatic nitrogens is 3. The fourth-order valence-electron chi connectivity index (χ4n) is 2.33. The molecular formula is C18H18N6O2. The maximum absolute atomic E-state index is 11.9. The van der Waals surface area contributed by atoms with Crippen molar-refractivity contribution in [3.05, 3.63) is 60.0 Å². The maximum atomic E-state index is 11.9. The average Bonchev–Trinajstić information content (AvgIpc) is 2.65. The molecule has 0 aliphatic rings. The van der Waals surface area contributed by atoms with E-state index in [1.54, 1.807) is 30.5 Å². The molecule has 2 aromatic heterocycles. The Bertz CT molecular complexity index is 944. The third-order valence-electron chi connectivity index (χ3n) is 3.63. The molecule has 3 rings (SSSR count). The van der Waals surface area contributed by atoms with E-state index in [-0.39, 0.29) is 0 Å². The van der Waals surface area contributed by atoms with Gasteiger partial charge in [0.25, 0.3) is 0 Å². The summed E-state index contributed by atoms with van der Waals surface area (Å²) in [5.74, 6) is 0.946. The standard InChI is InChI=1S/C18H18N6O2/c1-11-7-8-20-14(9-11)24-17-15(19)16(21-10-22-17)23-13-6-4-3-5-12(13)18(25)26-2/h3-10H,19H2,1-2H3,(H2,20,21,22,23,24). The number of hydrogen-bond acceptors (Lipinski definition) is 8. The molecule has 0 bridgehead atoms. The number of anilines is 5. The van der Waals surface area contributed by atoms with Crippen molar-refractivity contribution in [3.8, 4) is 0 Å². The number of nitrogen functional groups attached to an aromatic ring is 1. The van der Waals surface area contributed by atoms with Crippen LogP contribution < -0.4 is 16.4 Å². The highest BCUT2D eigenvalue weighted by molar-refractivity contribution is 5.97. The summed E-state index contributed by atoms with van der Waals surface area (Å²) < 4.78 is 4.80. The van der Waals surface area contributed by atoms with Crippen molar-refractivity contribution < 1.29 is 9.53 Å². The molecular weight excluding hydrogens is 332 g/mol. The average molecular weight is 350 g/mol. The molecule has 132 valence electrons. The third-order valence-corrected chi connectivity index (χ3v) is 3.63. The number of pyridine rings is 1. The highest BCUT2D eigenvalue weighted by atomic mass is 16.5. The fraction of sp³-hybridized carbons (Fsp3) is 0.111. The van der Waals surface area contributed by atoms with Gasteiger partial charge in [-0.05, 0) is 36.8 Å². The minimum atomic E-state index is -0.456. The zero-order chi connectivity index (χ0) is 18.5. The predicted molar refractivity (Wildman–Crippen MR) is 99.8 cm³/mol. The van der Waals surface area contributed by atoms with Gasteiger partial charge in [-0.2, -0.15) is 0 Å². The van der Waals surface area contributed by atoms with Gasteiger partial charge in [0.1, 0.15) is 17.8 Å². The summed E-state index contributed by atoms with van der Waals surface area (Å²) in [6, 6.07) is 10.7. The number of esters is 1. The lowest BCUT2D eigenvalue weighted by molar-refractivity contribution is 0.0602. The number of aryl methyl sites for hydroxylation is 1. The molecule has 0 saturated heterocycles. The van der Waals surface area contributed by atoms with E-state index in [2.05, 4.69) is 25.6 Å². The zero-order valence-electron chi connectivity index (χ0n) is 14.4. The Labute approximate surface area is 150 Å². The van der Waals surface area contributed by atoms with Crippen LogP contribution in [0.2, 0.25) is 0 Å². The number of nitrogens with zero attached hydrogens (tertiary/aromatic N) is 3. The molecule has 0 spiro atoms. The van der Waals surface area contributed by atoms with Crippen LogP contribution in [0.4, 0.5) is 28.8 Å². The minimum absolute atomic E-state index is 0.301. The minimum Gasteiger partial charge on any atom is -0.465 e. The summed E-state index contributed by atoms with van der Waals surface area (Å²) in [7, 11) is 1.33. The van der Waals surface area contributed by atoms with E-state index >= 15 is 0 Å². The quantitative estimate of drug-likeness (QED) is 0.601. The topological polar surface area (TPSA) is 115 Å². The number of ether oxygens (including phenoxy) is 1. The Hall–Kier alpha value is -3.68. The van der Waals surface area contributed by atoms with E-state index in [1.807, 2.05) is 19.1 Å². The molecule has 0 radical (unpaired) electrons. The summed E-state index contributed by atoms with van der Waals surface area (Å²) in [6.07, 6.45) is 3.07. The first-order chi connectivity index (χ1) is 12.6. The number of methoxy groups -OCH3 is 1. The Morgan fingerprint density at radius 1 is 1.08 bits per heavy atom. The predicted octanol–water partition coefficient (Wildman–Crippen LogP) is 3.04. The highest BCUT2D eigenvalue weighted by Crippen LogP contribution is 2.29. The molecule has 0 aliphatic heterocycles. The summed E-state index contributed by atoms with van der Waals surface area (Å²) in [6.45, 7) is 1.97. The normalized spacial score (nSPS) is 10.2. The molecule has 8 heteroatoms. The zero-order valence-corrected chi connectivity index (χ0v) is 14.4. The molecule has 0 amide bonds. The summed E-state index contributed by atoms with van der Waals surface area (Å²) >= 11 is 0. The molecule has 0 atom stereocenters. The van der Waals surface area contributed by atoms with Crippen molar-refractivity contribution >= 4 is 34.8 Å². The van der Waals surface area contributed by atoms with E-state index in [0.717, 1.165) is 5.56 Å². The number of benzene rings is 1. The van der Waals surface area contributed by atoms with Crippen molar-refractivity contribution in [2.45, 2.75) is 6.92 Å². The van der Waals surface area contributed by atoms with Crippen LogP contribution in [0.3, 0.4) is 0 Å². The number of hydrogen-bond donors (Lipinski definition) is 3. The molecule has 2 heterocycles. The van der Waals surface area contributed by atoms with Crippen LogP contribution in [0.25, 0.3) is 0 Å². The molecule has 3 aromatic rings. The second-order valence-electron chi connectivity index (χ2n) is 5.49. The first kappa shape index (κ1) is 17.2. The lowest BCUT2D eigenvalue weighted by Gasteiger charge is -2.14. The van der Waals surface area contributed by atoms with Gasteiger partial charge in [-0.3, -0.25) is 0 Å². The largest absolute Gasteiger partial charge is 0.465 e. The second kappa shape index (κ2) is 7.47. The van der Waals surface area contributed by atoms with Crippen LogP contribution in [0.1, 0.15) is 15.9 Å². The Kier molecular flexibility index (Phi) is 4.93. The number of nitrogens with one attached hydrogen (secondary N) is 2. The van der Waals surface area contributed by atoms with E-state index in [0.29, 0.717) is 34.4 Å². The monoisotopic (exact) mass is 350 g/mol. The van der Waals surface area contributed by atoms with Crippen LogP contribution in [0, 0.1) is 6.92 Å². The number of para-hydroxylation sites is 1. The van der Waals surface area contributed by atoms with Gasteiger partial charge < -0.3 is 21.1 Å². The van der Waals surface area contributed by atoms with Gasteiger partial charge in [-0.1, -0.05) is 12.1 Å². The molecule has 0 fully saturated rings. The SMILES string of the molecule is COC(=O)c1ccccc1Nc1ncnc(Nc2cc(C)ccn2)c1N. The first-order valence-corrected chi connectivity index (χ1v) is 7.83. The molecule has 4 N–H and O–H groups in total. The molecule has 0 aliphatic carbocycles. The van der Waals surface area contributed by atoms with Crippen molar-refractivity contribution in [1.29, 1.82) is 0 Å². The Balaban J connectivity index is 1.90. The van der Waals surface area contributed by atoms with Gasteiger partial charge in [0, 0.05) is 6.20 Å². The lowest BCUT2D eigenvalue weighted by Crippen LogP contribution is -2.09. The Morgan fingerprint density at radius 2 is 1.81 bits per heavy atom. The number of carbonyl (C=O) groups excluding carboxylic acids is 1. The fourth-order valence-corrected chi connectivity index (χ4v) is 2.33. The maximum Gasteiger partial charge on any atom is 0.339 e. The van der Waals surface area contributed by atoms with Gasteiger partial charge in [0.05, 0.1) is 18.4 Å². The van der Waals surface area contributed by atoms with Crippen molar-refractivity contribution in [2.24, 2.45) is 0 Å². The molecule has 0 saturated carbocycles. The van der Waals surface area contributed by atoms with Gasteiger partial charge in [-0.15, -0.1) is 0 Å². The van der Waals surface area contributed by atoms with E-state index in [1.165, 1.54) is 13.4 Å². The van der Waals surface area contributed by atoms with Crippen molar-refractivity contribution in [3.63, 3.8) is 0 Å². The van der Waals surface area contributed by atoms with Crippen molar-refractivity contribution in [1.82, 2.24) is 15.0 Å². The van der Waals surface area contributed by atoms with Crippen LogP contribution in [0.15, 0.2) is 48.9 Å². The first-order valence-electron chi connectivity index (χ1n) is 7.83. The molecule has 0 unspecified atom stereocenters. The van der Waals surface area contributed by atoms with E-state index in [4.69, 9.17) is 10.5 Å². The van der Waals surface area contributed by atoms with Crippen LogP contribution in [0.5, 0.6) is 0 Å². The number of carbonyl (C=O) groups is 1.